The summed E-state index contributed by atoms with van der Waals surface area (Å²) in [6, 6.07) is 7.48. The molecule has 1 aromatic carbocycles. The van der Waals surface area contributed by atoms with Gasteiger partial charge in [0.25, 0.3) is 0 Å². The zero-order valence-electron chi connectivity index (χ0n) is 9.16. The fourth-order valence-corrected chi connectivity index (χ4v) is 1.14. The van der Waals surface area contributed by atoms with Crippen LogP contribution in [0.5, 0.6) is 5.75 Å². The van der Waals surface area contributed by atoms with Gasteiger partial charge in [0.15, 0.2) is 0 Å². The molecule has 15 heavy (non-hydrogen) atoms. The van der Waals surface area contributed by atoms with Crippen molar-refractivity contribution in [2.75, 3.05) is 13.2 Å². The van der Waals surface area contributed by atoms with Crippen LogP contribution in [0.15, 0.2) is 24.3 Å². The minimum absolute atomic E-state index is 0.00598. The van der Waals surface area contributed by atoms with Gasteiger partial charge in [-0.2, -0.15) is 0 Å². The maximum absolute atomic E-state index is 11.2. The van der Waals surface area contributed by atoms with Crippen LogP contribution in [0.4, 0.5) is 0 Å². The van der Waals surface area contributed by atoms with Gasteiger partial charge in [0.1, 0.15) is 12.4 Å². The number of rotatable bonds is 5. The van der Waals surface area contributed by atoms with Crippen LogP contribution in [0.2, 0.25) is 0 Å². The van der Waals surface area contributed by atoms with E-state index < -0.39 is 0 Å². The average Bonchev–Trinajstić information content (AvgIpc) is 2.27. The molecule has 0 atom stereocenters. The summed E-state index contributed by atoms with van der Waals surface area (Å²) in [6.45, 7) is 4.44. The Labute approximate surface area is 90.0 Å². The largest absolute Gasteiger partial charge is 0.425 e. The van der Waals surface area contributed by atoms with E-state index in [1.165, 1.54) is 5.56 Å². The Balaban J connectivity index is 2.46. The second kappa shape index (κ2) is 6.19. The minimum atomic E-state index is -0.360. The summed E-state index contributed by atoms with van der Waals surface area (Å²) >= 11 is 0. The van der Waals surface area contributed by atoms with Crippen molar-refractivity contribution in [1.29, 1.82) is 0 Å². The number of esters is 1. The summed E-state index contributed by atoms with van der Waals surface area (Å²) in [6.07, 6.45) is 0.979. The summed E-state index contributed by atoms with van der Waals surface area (Å²) < 4.78 is 9.99. The lowest BCUT2D eigenvalue weighted by Crippen LogP contribution is -2.15. The lowest BCUT2D eigenvalue weighted by atomic mass is 10.2. The zero-order valence-corrected chi connectivity index (χ0v) is 9.16. The monoisotopic (exact) mass is 208 g/mol. The number of aryl methyl sites for hydroxylation is 1. The van der Waals surface area contributed by atoms with Gasteiger partial charge in [-0.1, -0.05) is 19.1 Å². The molecule has 0 fully saturated rings. The standard InChI is InChI=1S/C12H16O3/c1-3-10-5-7-11(8-6-10)15-12(13)9-14-4-2/h5-8H,3-4,9H2,1-2H3. The first-order valence-corrected chi connectivity index (χ1v) is 5.13. The lowest BCUT2D eigenvalue weighted by Gasteiger charge is -2.04. The molecule has 0 unspecified atom stereocenters. The first-order chi connectivity index (χ1) is 7.26. The predicted octanol–water partition coefficient (Wildman–Crippen LogP) is 2.19. The van der Waals surface area contributed by atoms with E-state index in [1.807, 2.05) is 19.1 Å². The highest BCUT2D eigenvalue weighted by atomic mass is 16.6. The Morgan fingerprint density at radius 3 is 2.40 bits per heavy atom. The first-order valence-electron chi connectivity index (χ1n) is 5.13. The van der Waals surface area contributed by atoms with Gasteiger partial charge in [0.2, 0.25) is 0 Å². The predicted molar refractivity (Wildman–Crippen MR) is 57.9 cm³/mol. The molecule has 0 spiro atoms. The second-order valence-electron chi connectivity index (χ2n) is 3.11. The van der Waals surface area contributed by atoms with Gasteiger partial charge in [0.05, 0.1) is 0 Å². The van der Waals surface area contributed by atoms with Crippen molar-refractivity contribution in [3.63, 3.8) is 0 Å². The van der Waals surface area contributed by atoms with Crippen molar-refractivity contribution >= 4 is 5.97 Å². The van der Waals surface area contributed by atoms with E-state index in [1.54, 1.807) is 12.1 Å². The van der Waals surface area contributed by atoms with Gasteiger partial charge >= 0.3 is 5.97 Å². The quantitative estimate of drug-likeness (QED) is 0.549. The van der Waals surface area contributed by atoms with Crippen molar-refractivity contribution < 1.29 is 14.3 Å². The highest BCUT2D eigenvalue weighted by Crippen LogP contribution is 2.12. The van der Waals surface area contributed by atoms with Crippen LogP contribution < -0.4 is 4.74 Å². The third-order valence-corrected chi connectivity index (χ3v) is 1.99. The molecular weight excluding hydrogens is 192 g/mol. The Bertz CT molecular complexity index is 303. The molecule has 0 heterocycles. The van der Waals surface area contributed by atoms with Crippen LogP contribution in [0.3, 0.4) is 0 Å². The first kappa shape index (κ1) is 11.7. The summed E-state index contributed by atoms with van der Waals surface area (Å²) in [4.78, 5) is 11.2. The second-order valence-corrected chi connectivity index (χ2v) is 3.11. The number of carbonyl (C=O) groups excluding carboxylic acids is 1. The number of hydrogen-bond acceptors (Lipinski definition) is 3. The molecule has 1 aromatic rings. The molecule has 0 amide bonds. The van der Waals surface area contributed by atoms with Gasteiger partial charge in [-0.15, -0.1) is 0 Å². The topological polar surface area (TPSA) is 35.5 Å². The van der Waals surface area contributed by atoms with E-state index in [9.17, 15) is 4.79 Å². The van der Waals surface area contributed by atoms with E-state index in [2.05, 4.69) is 6.92 Å². The normalized spacial score (nSPS) is 10.0. The fourth-order valence-electron chi connectivity index (χ4n) is 1.14. The Morgan fingerprint density at radius 1 is 1.20 bits per heavy atom. The summed E-state index contributed by atoms with van der Waals surface area (Å²) in [5.41, 5.74) is 1.22. The number of benzene rings is 1. The van der Waals surface area contributed by atoms with E-state index in [4.69, 9.17) is 9.47 Å². The molecule has 0 bridgehead atoms. The van der Waals surface area contributed by atoms with E-state index in [-0.39, 0.29) is 12.6 Å². The van der Waals surface area contributed by atoms with Crippen LogP contribution in [0.25, 0.3) is 0 Å². The average molecular weight is 208 g/mol. The van der Waals surface area contributed by atoms with Crippen LogP contribution in [-0.4, -0.2) is 19.2 Å². The molecular formula is C12H16O3. The molecule has 0 saturated carbocycles. The van der Waals surface area contributed by atoms with Crippen molar-refractivity contribution in [1.82, 2.24) is 0 Å². The molecule has 0 aromatic heterocycles. The molecule has 0 N–H and O–H groups in total. The van der Waals surface area contributed by atoms with Gasteiger partial charge in [0, 0.05) is 6.61 Å². The SMILES string of the molecule is CCOCC(=O)Oc1ccc(CC)cc1. The van der Waals surface area contributed by atoms with E-state index >= 15 is 0 Å². The maximum atomic E-state index is 11.2. The number of hydrogen-bond donors (Lipinski definition) is 0. The minimum Gasteiger partial charge on any atom is -0.425 e. The van der Waals surface area contributed by atoms with Crippen LogP contribution in [0, 0.1) is 0 Å². The maximum Gasteiger partial charge on any atom is 0.337 e. The van der Waals surface area contributed by atoms with Crippen molar-refractivity contribution in [3.8, 4) is 5.75 Å². The molecule has 3 heteroatoms. The molecule has 3 nitrogen and oxygen atoms in total. The number of carbonyl (C=O) groups is 1. The molecule has 1 rings (SSSR count). The van der Waals surface area contributed by atoms with E-state index in [0.717, 1.165) is 6.42 Å². The Kier molecular flexibility index (Phi) is 4.84. The molecule has 0 aliphatic heterocycles. The fraction of sp³-hybridized carbons (Fsp3) is 0.417. The smallest absolute Gasteiger partial charge is 0.337 e. The van der Waals surface area contributed by atoms with Gasteiger partial charge in [-0.3, -0.25) is 0 Å². The summed E-state index contributed by atoms with van der Waals surface area (Å²) in [5.74, 6) is 0.206. The van der Waals surface area contributed by atoms with Crippen LogP contribution in [0.1, 0.15) is 19.4 Å². The van der Waals surface area contributed by atoms with Crippen LogP contribution in [-0.2, 0) is 16.0 Å². The highest BCUT2D eigenvalue weighted by Gasteiger charge is 2.03. The third kappa shape index (κ3) is 4.13. The third-order valence-electron chi connectivity index (χ3n) is 1.99. The molecule has 0 radical (unpaired) electrons. The van der Waals surface area contributed by atoms with Crippen molar-refractivity contribution in [2.45, 2.75) is 20.3 Å². The number of ether oxygens (including phenoxy) is 2. The molecule has 0 aliphatic carbocycles. The van der Waals surface area contributed by atoms with Crippen LogP contribution >= 0.6 is 0 Å². The van der Waals surface area contributed by atoms with Gasteiger partial charge in [-0.05, 0) is 31.0 Å². The summed E-state index contributed by atoms with van der Waals surface area (Å²) in [7, 11) is 0. The zero-order chi connectivity index (χ0) is 11.1. The summed E-state index contributed by atoms with van der Waals surface area (Å²) in [5, 5.41) is 0. The van der Waals surface area contributed by atoms with Crippen molar-refractivity contribution in [2.24, 2.45) is 0 Å². The van der Waals surface area contributed by atoms with Gasteiger partial charge in [-0.25, -0.2) is 4.79 Å². The highest BCUT2D eigenvalue weighted by molar-refractivity contribution is 5.73. The molecule has 0 aliphatic rings. The molecule has 0 saturated heterocycles. The van der Waals surface area contributed by atoms with Crippen molar-refractivity contribution in [3.05, 3.63) is 29.8 Å². The lowest BCUT2D eigenvalue weighted by molar-refractivity contribution is -0.139. The Morgan fingerprint density at radius 2 is 1.87 bits per heavy atom. The van der Waals surface area contributed by atoms with E-state index in [0.29, 0.717) is 12.4 Å². The Hall–Kier alpha value is -1.35. The molecule has 82 valence electrons. The van der Waals surface area contributed by atoms with Gasteiger partial charge < -0.3 is 9.47 Å².